The van der Waals surface area contributed by atoms with E-state index in [-0.39, 0.29) is 23.7 Å². The molecule has 1 aliphatic heterocycles. The molecule has 3 nitrogen and oxygen atoms in total. The lowest BCUT2D eigenvalue weighted by Gasteiger charge is -2.37. The predicted octanol–water partition coefficient (Wildman–Crippen LogP) is 2.86. The molecule has 4 aliphatic carbocycles. The highest BCUT2D eigenvalue weighted by atomic mass is 16.2. The third-order valence-electron chi connectivity index (χ3n) is 6.48. The number of allylic oxidation sites excluding steroid dienone is 2. The fraction of sp³-hybridized carbons (Fsp3) is 0.474. The van der Waals surface area contributed by atoms with Crippen LogP contribution in [-0.2, 0) is 9.59 Å². The summed E-state index contributed by atoms with van der Waals surface area (Å²) < 4.78 is 0. The first kappa shape index (κ1) is 12.6. The average molecular weight is 293 g/mol. The molecule has 2 bridgehead atoms. The van der Waals surface area contributed by atoms with Gasteiger partial charge in [-0.25, -0.2) is 4.90 Å². The van der Waals surface area contributed by atoms with E-state index in [0.717, 1.165) is 16.8 Å². The molecule has 6 rings (SSSR count). The van der Waals surface area contributed by atoms with Gasteiger partial charge in [-0.05, 0) is 61.1 Å². The molecule has 3 heteroatoms. The Bertz CT molecular complexity index is 714. The largest absolute Gasteiger partial charge is 0.274 e. The highest BCUT2D eigenvalue weighted by Gasteiger charge is 2.67. The number of hydrogen-bond acceptors (Lipinski definition) is 2. The SMILES string of the molecule is Cc1cccc(N2C(=O)[C@@H]3[C@@H]4C=C[C@H]([C@@H]5C[C@H]45)[C@@H]3C2=O)c1C. The molecule has 1 saturated heterocycles. The van der Waals surface area contributed by atoms with Gasteiger partial charge in [-0.1, -0.05) is 24.3 Å². The molecule has 0 radical (unpaired) electrons. The van der Waals surface area contributed by atoms with Crippen molar-refractivity contribution in [1.82, 2.24) is 0 Å². The standard InChI is InChI=1S/C19H19NO2/c1-9-4-3-5-15(10(9)2)20-18(21)16-11-6-7-12(14-8-13(11)14)17(16)19(20)22/h3-7,11-14,16-17H,8H2,1-2H3/t11-,12-,13-,14+,16-,17+/m1/s1. The Kier molecular flexibility index (Phi) is 2.23. The number of benzene rings is 1. The van der Waals surface area contributed by atoms with Gasteiger partial charge in [0.1, 0.15) is 0 Å². The van der Waals surface area contributed by atoms with Crippen LogP contribution in [0.25, 0.3) is 0 Å². The molecule has 2 amide bonds. The Balaban J connectivity index is 1.62. The summed E-state index contributed by atoms with van der Waals surface area (Å²) in [5, 5.41) is 0. The first-order valence-corrected chi connectivity index (χ1v) is 8.22. The molecule has 1 heterocycles. The molecule has 1 aromatic rings. The number of aryl methyl sites for hydroxylation is 1. The second kappa shape index (κ2) is 3.89. The van der Waals surface area contributed by atoms with Crippen molar-refractivity contribution in [1.29, 1.82) is 0 Å². The monoisotopic (exact) mass is 293 g/mol. The van der Waals surface area contributed by atoms with E-state index in [1.165, 1.54) is 11.3 Å². The quantitative estimate of drug-likeness (QED) is 0.590. The summed E-state index contributed by atoms with van der Waals surface area (Å²) in [6.45, 7) is 4.02. The Labute approximate surface area is 130 Å². The maximum Gasteiger partial charge on any atom is 0.238 e. The van der Waals surface area contributed by atoms with Crippen molar-refractivity contribution >= 4 is 17.5 Å². The van der Waals surface area contributed by atoms with E-state index in [4.69, 9.17) is 0 Å². The van der Waals surface area contributed by atoms with E-state index < -0.39 is 0 Å². The molecule has 5 aliphatic rings. The minimum Gasteiger partial charge on any atom is -0.274 e. The lowest BCUT2D eigenvalue weighted by atomic mass is 9.63. The van der Waals surface area contributed by atoms with Crippen LogP contribution >= 0.6 is 0 Å². The molecule has 3 fully saturated rings. The van der Waals surface area contributed by atoms with Crippen molar-refractivity contribution < 1.29 is 9.59 Å². The Hall–Kier alpha value is -1.90. The van der Waals surface area contributed by atoms with E-state index in [0.29, 0.717) is 23.7 Å². The fourth-order valence-corrected chi connectivity index (χ4v) is 5.17. The summed E-state index contributed by atoms with van der Waals surface area (Å²) in [5.74, 6) is 1.77. The third-order valence-corrected chi connectivity index (χ3v) is 6.48. The minimum atomic E-state index is -0.105. The van der Waals surface area contributed by atoms with Crippen LogP contribution in [0.5, 0.6) is 0 Å². The lowest BCUT2D eigenvalue weighted by Crippen LogP contribution is -2.40. The van der Waals surface area contributed by atoms with Gasteiger partial charge >= 0.3 is 0 Å². The molecule has 6 atom stereocenters. The van der Waals surface area contributed by atoms with Gasteiger partial charge in [0.25, 0.3) is 0 Å². The number of carbonyl (C=O) groups excluding carboxylic acids is 2. The summed E-state index contributed by atoms with van der Waals surface area (Å²) in [6, 6.07) is 5.87. The van der Waals surface area contributed by atoms with Gasteiger partial charge in [-0.15, -0.1) is 0 Å². The highest BCUT2D eigenvalue weighted by Crippen LogP contribution is 2.65. The maximum atomic E-state index is 13.0. The highest BCUT2D eigenvalue weighted by molar-refractivity contribution is 6.23. The number of amides is 2. The first-order valence-electron chi connectivity index (χ1n) is 8.22. The van der Waals surface area contributed by atoms with Crippen LogP contribution in [-0.4, -0.2) is 11.8 Å². The molecule has 0 spiro atoms. The van der Waals surface area contributed by atoms with Crippen LogP contribution in [0.15, 0.2) is 30.4 Å². The first-order chi connectivity index (χ1) is 10.6. The van der Waals surface area contributed by atoms with Crippen molar-refractivity contribution in [2.75, 3.05) is 4.90 Å². The normalized spacial score (nSPS) is 40.9. The van der Waals surface area contributed by atoms with Crippen molar-refractivity contribution in [2.45, 2.75) is 20.3 Å². The predicted molar refractivity (Wildman–Crippen MR) is 83.1 cm³/mol. The van der Waals surface area contributed by atoms with Crippen LogP contribution in [0.1, 0.15) is 17.5 Å². The summed E-state index contributed by atoms with van der Waals surface area (Å²) in [5.41, 5.74) is 2.95. The molecule has 0 N–H and O–H groups in total. The molecule has 2 saturated carbocycles. The molecule has 22 heavy (non-hydrogen) atoms. The van der Waals surface area contributed by atoms with Gasteiger partial charge in [0.15, 0.2) is 0 Å². The average Bonchev–Trinajstić information content (AvgIpc) is 3.28. The van der Waals surface area contributed by atoms with Crippen molar-refractivity contribution in [3.63, 3.8) is 0 Å². The van der Waals surface area contributed by atoms with E-state index in [2.05, 4.69) is 12.2 Å². The number of nitrogens with zero attached hydrogens (tertiary/aromatic N) is 1. The molecular weight excluding hydrogens is 274 g/mol. The van der Waals surface area contributed by atoms with Gasteiger partial charge < -0.3 is 0 Å². The van der Waals surface area contributed by atoms with Gasteiger partial charge in [0.05, 0.1) is 17.5 Å². The molecule has 0 aromatic heterocycles. The van der Waals surface area contributed by atoms with Crippen LogP contribution in [0, 0.1) is 49.4 Å². The zero-order valence-electron chi connectivity index (χ0n) is 12.8. The Morgan fingerprint density at radius 1 is 0.955 bits per heavy atom. The number of rotatable bonds is 1. The second-order valence-electron chi connectivity index (χ2n) is 7.39. The van der Waals surface area contributed by atoms with E-state index in [1.807, 2.05) is 32.0 Å². The Morgan fingerprint density at radius 2 is 1.55 bits per heavy atom. The topological polar surface area (TPSA) is 37.4 Å². The molecule has 1 aromatic carbocycles. The van der Waals surface area contributed by atoms with Crippen molar-refractivity contribution in [2.24, 2.45) is 35.5 Å². The van der Waals surface area contributed by atoms with E-state index in [9.17, 15) is 9.59 Å². The van der Waals surface area contributed by atoms with Crippen LogP contribution in [0.3, 0.4) is 0 Å². The smallest absolute Gasteiger partial charge is 0.238 e. The van der Waals surface area contributed by atoms with Crippen LogP contribution in [0.2, 0.25) is 0 Å². The van der Waals surface area contributed by atoms with Crippen LogP contribution in [0.4, 0.5) is 5.69 Å². The number of hydrogen-bond donors (Lipinski definition) is 0. The van der Waals surface area contributed by atoms with Gasteiger partial charge in [-0.3, -0.25) is 9.59 Å². The zero-order chi connectivity index (χ0) is 15.2. The van der Waals surface area contributed by atoms with Crippen molar-refractivity contribution in [3.05, 3.63) is 41.5 Å². The van der Waals surface area contributed by atoms with Crippen molar-refractivity contribution in [3.8, 4) is 0 Å². The molecule has 0 unspecified atom stereocenters. The summed E-state index contributed by atoms with van der Waals surface area (Å²) in [7, 11) is 0. The minimum absolute atomic E-state index is 0.0356. The maximum absolute atomic E-state index is 13.0. The summed E-state index contributed by atoms with van der Waals surface area (Å²) in [6.07, 6.45) is 5.65. The fourth-order valence-electron chi connectivity index (χ4n) is 5.17. The van der Waals surface area contributed by atoms with E-state index >= 15 is 0 Å². The van der Waals surface area contributed by atoms with E-state index in [1.54, 1.807) is 0 Å². The van der Waals surface area contributed by atoms with Gasteiger partial charge in [0.2, 0.25) is 11.8 Å². The summed E-state index contributed by atoms with van der Waals surface area (Å²) >= 11 is 0. The zero-order valence-corrected chi connectivity index (χ0v) is 12.8. The second-order valence-corrected chi connectivity index (χ2v) is 7.39. The molecule has 112 valence electrons. The molecular formula is C19H19NO2. The number of anilines is 1. The third kappa shape index (κ3) is 1.33. The van der Waals surface area contributed by atoms with Gasteiger partial charge in [-0.2, -0.15) is 0 Å². The number of carbonyl (C=O) groups is 2. The Morgan fingerprint density at radius 3 is 2.14 bits per heavy atom. The summed E-state index contributed by atoms with van der Waals surface area (Å²) in [4.78, 5) is 27.6. The number of imide groups is 1. The van der Waals surface area contributed by atoms with Gasteiger partial charge in [0, 0.05) is 0 Å². The van der Waals surface area contributed by atoms with Crippen LogP contribution < -0.4 is 4.90 Å². The lowest BCUT2D eigenvalue weighted by molar-refractivity contribution is -0.124.